The van der Waals surface area contributed by atoms with Crippen LogP contribution in [0.15, 0.2) is 11.6 Å². The highest BCUT2D eigenvalue weighted by Gasteiger charge is 2.44. The topological polar surface area (TPSA) is 83.8 Å². The molecule has 5 heteroatoms. The quantitative estimate of drug-likeness (QED) is 0.562. The zero-order chi connectivity index (χ0) is 12.9. The smallest absolute Gasteiger partial charge is 0.466 e. The molecule has 0 aromatic rings. The van der Waals surface area contributed by atoms with E-state index in [0.717, 1.165) is 5.57 Å². The van der Waals surface area contributed by atoms with Gasteiger partial charge in [-0.3, -0.25) is 0 Å². The van der Waals surface area contributed by atoms with Crippen molar-refractivity contribution in [3.05, 3.63) is 11.6 Å². The highest BCUT2D eigenvalue weighted by atomic mass is 16.6. The molecule has 16 heavy (non-hydrogen) atoms. The van der Waals surface area contributed by atoms with Gasteiger partial charge in [0, 0.05) is 5.57 Å². The fourth-order valence-electron chi connectivity index (χ4n) is 1.32. The zero-order valence-electron chi connectivity index (χ0n) is 9.98. The summed E-state index contributed by atoms with van der Waals surface area (Å²) in [5.41, 5.74) is 1.13. The summed E-state index contributed by atoms with van der Waals surface area (Å²) >= 11 is 0. The monoisotopic (exact) mass is 230 g/mol. The maximum Gasteiger partial charge on any atom is 0.503 e. The van der Waals surface area contributed by atoms with Crippen LogP contribution in [0.25, 0.3) is 0 Å². The standard InChI is InChI=1S/C10H16O2.CH2O3/c1-7(9(11)12-4)5-8-6-10(8,2)3;2-1(3)4/h5,8H,6H2,1-4H3;(H2,2,3,4). The summed E-state index contributed by atoms with van der Waals surface area (Å²) in [5, 5.41) is 13.9. The van der Waals surface area contributed by atoms with E-state index in [1.54, 1.807) is 6.92 Å². The average Bonchev–Trinajstić information content (AvgIpc) is 2.71. The van der Waals surface area contributed by atoms with Crippen LogP contribution in [0.5, 0.6) is 0 Å². The van der Waals surface area contributed by atoms with Crippen molar-refractivity contribution in [2.45, 2.75) is 27.2 Å². The summed E-state index contributed by atoms with van der Waals surface area (Å²) in [6.45, 7) is 6.22. The van der Waals surface area contributed by atoms with Crippen LogP contribution in [0.4, 0.5) is 4.79 Å². The largest absolute Gasteiger partial charge is 0.503 e. The molecule has 0 aromatic heterocycles. The number of carbonyl (C=O) groups is 2. The lowest BCUT2D eigenvalue weighted by Gasteiger charge is -2.00. The molecule has 0 amide bonds. The third-order valence-electron chi connectivity index (χ3n) is 2.55. The van der Waals surface area contributed by atoms with Crippen LogP contribution < -0.4 is 0 Å². The molecule has 0 radical (unpaired) electrons. The van der Waals surface area contributed by atoms with Crippen molar-refractivity contribution < 1.29 is 24.5 Å². The summed E-state index contributed by atoms with van der Waals surface area (Å²) in [4.78, 5) is 19.6. The third kappa shape index (κ3) is 5.38. The van der Waals surface area contributed by atoms with E-state index in [2.05, 4.69) is 18.6 Å². The molecule has 1 aliphatic carbocycles. The molecule has 0 bridgehead atoms. The van der Waals surface area contributed by atoms with E-state index in [4.69, 9.17) is 15.0 Å². The summed E-state index contributed by atoms with van der Waals surface area (Å²) in [5.74, 6) is 0.356. The minimum absolute atomic E-state index is 0.210. The Bertz CT molecular complexity index is 299. The third-order valence-corrected chi connectivity index (χ3v) is 2.55. The lowest BCUT2D eigenvalue weighted by molar-refractivity contribution is -0.136. The average molecular weight is 230 g/mol. The van der Waals surface area contributed by atoms with Crippen molar-refractivity contribution in [1.82, 2.24) is 0 Å². The molecule has 0 aromatic carbocycles. The lowest BCUT2D eigenvalue weighted by atomic mass is 10.1. The molecule has 1 rings (SSSR count). The molecular weight excluding hydrogens is 212 g/mol. The summed E-state index contributed by atoms with van der Waals surface area (Å²) in [6, 6.07) is 0. The number of carbonyl (C=O) groups excluding carboxylic acids is 1. The Morgan fingerprint density at radius 2 is 1.75 bits per heavy atom. The Kier molecular flexibility index (Phi) is 5.01. The van der Waals surface area contributed by atoms with Crippen molar-refractivity contribution in [2.24, 2.45) is 11.3 Å². The summed E-state index contributed by atoms with van der Waals surface area (Å²) < 4.78 is 4.60. The van der Waals surface area contributed by atoms with Crippen LogP contribution >= 0.6 is 0 Å². The molecule has 1 atom stereocenters. The van der Waals surface area contributed by atoms with Crippen molar-refractivity contribution in [3.8, 4) is 0 Å². The summed E-state index contributed by atoms with van der Waals surface area (Å²) in [6.07, 6.45) is 1.37. The van der Waals surface area contributed by atoms with Gasteiger partial charge in [0.15, 0.2) is 0 Å². The molecule has 1 unspecified atom stereocenters. The van der Waals surface area contributed by atoms with E-state index in [0.29, 0.717) is 11.3 Å². The van der Waals surface area contributed by atoms with Gasteiger partial charge in [-0.2, -0.15) is 0 Å². The number of esters is 1. The van der Waals surface area contributed by atoms with Crippen LogP contribution in [0.3, 0.4) is 0 Å². The Morgan fingerprint density at radius 1 is 1.38 bits per heavy atom. The van der Waals surface area contributed by atoms with Crippen molar-refractivity contribution in [2.75, 3.05) is 7.11 Å². The predicted molar refractivity (Wildman–Crippen MR) is 58.3 cm³/mol. The minimum atomic E-state index is -1.83. The van der Waals surface area contributed by atoms with E-state index in [1.165, 1.54) is 13.5 Å². The molecule has 0 heterocycles. The van der Waals surface area contributed by atoms with Gasteiger partial charge >= 0.3 is 12.1 Å². The minimum Gasteiger partial charge on any atom is -0.466 e. The van der Waals surface area contributed by atoms with Crippen LogP contribution in [0, 0.1) is 11.3 Å². The summed E-state index contributed by atoms with van der Waals surface area (Å²) in [7, 11) is 1.41. The Hall–Kier alpha value is -1.52. The maximum atomic E-state index is 11.0. The second kappa shape index (κ2) is 5.53. The number of hydrogen-bond acceptors (Lipinski definition) is 3. The van der Waals surface area contributed by atoms with Gasteiger partial charge in [-0.1, -0.05) is 19.9 Å². The van der Waals surface area contributed by atoms with Crippen molar-refractivity contribution >= 4 is 12.1 Å². The molecule has 0 spiro atoms. The molecule has 2 N–H and O–H groups in total. The number of ether oxygens (including phenoxy) is 1. The molecule has 1 fully saturated rings. The van der Waals surface area contributed by atoms with Crippen molar-refractivity contribution in [3.63, 3.8) is 0 Å². The van der Waals surface area contributed by atoms with Crippen LogP contribution in [-0.4, -0.2) is 29.4 Å². The van der Waals surface area contributed by atoms with E-state index in [9.17, 15) is 4.79 Å². The van der Waals surface area contributed by atoms with Gasteiger partial charge in [0.2, 0.25) is 0 Å². The zero-order valence-corrected chi connectivity index (χ0v) is 9.98. The first kappa shape index (κ1) is 14.5. The fourth-order valence-corrected chi connectivity index (χ4v) is 1.32. The van der Waals surface area contributed by atoms with Gasteiger partial charge in [-0.15, -0.1) is 0 Å². The van der Waals surface area contributed by atoms with Crippen molar-refractivity contribution in [1.29, 1.82) is 0 Å². The normalized spacial score (nSPS) is 21.5. The SMILES string of the molecule is COC(=O)C(C)=CC1CC1(C)C.O=C(O)O. The molecule has 0 aliphatic heterocycles. The molecule has 5 nitrogen and oxygen atoms in total. The number of hydrogen-bond donors (Lipinski definition) is 2. The van der Waals surface area contributed by atoms with E-state index in [-0.39, 0.29) is 5.97 Å². The second-order valence-electron chi connectivity index (χ2n) is 4.42. The fraction of sp³-hybridized carbons (Fsp3) is 0.636. The first-order valence-electron chi connectivity index (χ1n) is 4.89. The predicted octanol–water partition coefficient (Wildman–Crippen LogP) is 2.37. The molecule has 1 saturated carbocycles. The number of methoxy groups -OCH3 is 1. The molecule has 0 saturated heterocycles. The first-order valence-corrected chi connectivity index (χ1v) is 4.89. The Labute approximate surface area is 94.7 Å². The van der Waals surface area contributed by atoms with Gasteiger partial charge in [0.05, 0.1) is 7.11 Å². The highest BCUT2D eigenvalue weighted by molar-refractivity contribution is 5.87. The maximum absolute atomic E-state index is 11.0. The van der Waals surface area contributed by atoms with Crippen LogP contribution in [0.2, 0.25) is 0 Å². The van der Waals surface area contributed by atoms with Gasteiger partial charge in [0.25, 0.3) is 0 Å². The number of allylic oxidation sites excluding steroid dienone is 1. The van der Waals surface area contributed by atoms with E-state index >= 15 is 0 Å². The van der Waals surface area contributed by atoms with Gasteiger partial charge in [-0.25, -0.2) is 9.59 Å². The van der Waals surface area contributed by atoms with Crippen LogP contribution in [0.1, 0.15) is 27.2 Å². The highest BCUT2D eigenvalue weighted by Crippen LogP contribution is 2.52. The molecule has 92 valence electrons. The molecular formula is C11H18O5. The van der Waals surface area contributed by atoms with E-state index in [1.807, 2.05) is 6.08 Å². The van der Waals surface area contributed by atoms with Gasteiger partial charge < -0.3 is 14.9 Å². The number of carboxylic acid groups (broad SMARTS) is 2. The first-order chi connectivity index (χ1) is 7.20. The van der Waals surface area contributed by atoms with Crippen LogP contribution in [-0.2, 0) is 9.53 Å². The lowest BCUT2D eigenvalue weighted by Crippen LogP contribution is -2.02. The second-order valence-corrected chi connectivity index (χ2v) is 4.42. The Morgan fingerprint density at radius 3 is 2.00 bits per heavy atom. The van der Waals surface area contributed by atoms with Gasteiger partial charge in [-0.05, 0) is 24.7 Å². The number of rotatable bonds is 2. The van der Waals surface area contributed by atoms with E-state index < -0.39 is 6.16 Å². The van der Waals surface area contributed by atoms with Gasteiger partial charge in [0.1, 0.15) is 0 Å². The Balaban J connectivity index is 0.000000487. The molecule has 1 aliphatic rings.